The summed E-state index contributed by atoms with van der Waals surface area (Å²) in [5.41, 5.74) is 1.03. The average molecular weight is 160 g/mol. The lowest BCUT2D eigenvalue weighted by Gasteiger charge is -2.04. The Bertz CT molecular complexity index is 343. The molecular weight excluding hydrogens is 152 g/mol. The maximum absolute atomic E-state index is 5.60. The Morgan fingerprint density at radius 3 is 2.08 bits per heavy atom. The van der Waals surface area contributed by atoms with Gasteiger partial charge in [-0.25, -0.2) is 0 Å². The highest BCUT2D eigenvalue weighted by Gasteiger charge is 2.57. The first-order valence-electron chi connectivity index (χ1n) is 3.95. The molecule has 1 spiro atoms. The number of benzene rings is 1. The maximum Gasteiger partial charge on any atom is 0.278 e. The Kier molecular flexibility index (Phi) is 0.845. The first-order valence-corrected chi connectivity index (χ1v) is 3.95. The van der Waals surface area contributed by atoms with Crippen LogP contribution in [0.1, 0.15) is 6.42 Å². The van der Waals surface area contributed by atoms with Crippen LogP contribution in [0.5, 0.6) is 11.5 Å². The summed E-state index contributed by atoms with van der Waals surface area (Å²) in [5, 5.41) is 0. The predicted molar refractivity (Wildman–Crippen MR) is 44.2 cm³/mol. The normalized spacial score (nSPS) is 21.5. The molecule has 0 radical (unpaired) electrons. The Hall–Kier alpha value is -1.44. The summed E-state index contributed by atoms with van der Waals surface area (Å²) in [5.74, 6) is 1.18. The van der Waals surface area contributed by atoms with Crippen LogP contribution in [0.2, 0.25) is 0 Å². The van der Waals surface area contributed by atoms with Gasteiger partial charge in [-0.1, -0.05) is 18.7 Å². The molecular formula is C10H8O2. The molecule has 1 aromatic carbocycles. The second kappa shape index (κ2) is 1.66. The average Bonchev–Trinajstić information content (AvgIpc) is 2.57. The minimum Gasteiger partial charge on any atom is -0.444 e. The van der Waals surface area contributed by atoms with E-state index in [2.05, 4.69) is 6.58 Å². The van der Waals surface area contributed by atoms with Gasteiger partial charge in [0.25, 0.3) is 5.79 Å². The molecule has 0 unspecified atom stereocenters. The van der Waals surface area contributed by atoms with Crippen LogP contribution in [0, 0.1) is 0 Å². The summed E-state index contributed by atoms with van der Waals surface area (Å²) in [4.78, 5) is 0. The van der Waals surface area contributed by atoms with Crippen molar-refractivity contribution in [1.29, 1.82) is 0 Å². The summed E-state index contributed by atoms with van der Waals surface area (Å²) < 4.78 is 11.2. The first-order chi connectivity index (χ1) is 5.80. The van der Waals surface area contributed by atoms with Gasteiger partial charge in [0.1, 0.15) is 0 Å². The van der Waals surface area contributed by atoms with Crippen LogP contribution in [0.15, 0.2) is 36.4 Å². The van der Waals surface area contributed by atoms with Gasteiger partial charge in [-0.2, -0.15) is 0 Å². The number of rotatable bonds is 0. The molecule has 1 aliphatic heterocycles. The topological polar surface area (TPSA) is 18.5 Å². The highest BCUT2D eigenvalue weighted by Crippen LogP contribution is 2.53. The molecule has 1 aromatic rings. The van der Waals surface area contributed by atoms with Crippen molar-refractivity contribution in [2.75, 3.05) is 0 Å². The van der Waals surface area contributed by atoms with Crippen molar-refractivity contribution >= 4 is 0 Å². The van der Waals surface area contributed by atoms with Crippen molar-refractivity contribution in [2.45, 2.75) is 12.2 Å². The fourth-order valence-electron chi connectivity index (χ4n) is 1.45. The Morgan fingerprint density at radius 1 is 1.17 bits per heavy atom. The number of hydrogen-bond donors (Lipinski definition) is 0. The second-order valence-corrected chi connectivity index (χ2v) is 3.18. The van der Waals surface area contributed by atoms with E-state index in [0.29, 0.717) is 0 Å². The molecule has 1 saturated carbocycles. The van der Waals surface area contributed by atoms with E-state index in [9.17, 15) is 0 Å². The fraction of sp³-hybridized carbons (Fsp3) is 0.200. The Labute approximate surface area is 70.4 Å². The van der Waals surface area contributed by atoms with E-state index in [1.807, 2.05) is 24.3 Å². The lowest BCUT2D eigenvalue weighted by Crippen LogP contribution is -2.19. The predicted octanol–water partition coefficient (Wildman–Crippen LogP) is 2.11. The van der Waals surface area contributed by atoms with E-state index in [-0.39, 0.29) is 0 Å². The minimum atomic E-state index is -0.482. The molecule has 1 fully saturated rings. The summed E-state index contributed by atoms with van der Waals surface area (Å²) in [7, 11) is 0. The SMILES string of the molecule is C=C1CC12Oc1ccccc1O2. The molecule has 1 heterocycles. The summed E-state index contributed by atoms with van der Waals surface area (Å²) in [6.45, 7) is 3.83. The van der Waals surface area contributed by atoms with Crippen LogP contribution in [0.3, 0.4) is 0 Å². The molecule has 12 heavy (non-hydrogen) atoms. The zero-order chi connectivity index (χ0) is 8.18. The zero-order valence-corrected chi connectivity index (χ0v) is 6.54. The minimum absolute atomic E-state index is 0.482. The summed E-state index contributed by atoms with van der Waals surface area (Å²) in [6.07, 6.45) is 0.821. The van der Waals surface area contributed by atoms with Crippen LogP contribution in [-0.4, -0.2) is 5.79 Å². The van der Waals surface area contributed by atoms with E-state index >= 15 is 0 Å². The maximum atomic E-state index is 5.60. The molecule has 0 aromatic heterocycles. The Balaban J connectivity index is 2.06. The largest absolute Gasteiger partial charge is 0.444 e. The second-order valence-electron chi connectivity index (χ2n) is 3.18. The van der Waals surface area contributed by atoms with Gasteiger partial charge in [-0.3, -0.25) is 0 Å². The molecule has 1 aliphatic carbocycles. The van der Waals surface area contributed by atoms with E-state index in [0.717, 1.165) is 23.5 Å². The third-order valence-electron chi connectivity index (χ3n) is 2.26. The van der Waals surface area contributed by atoms with Crippen LogP contribution in [-0.2, 0) is 0 Å². The lowest BCUT2D eigenvalue weighted by molar-refractivity contribution is 0.0357. The monoisotopic (exact) mass is 160 g/mol. The smallest absolute Gasteiger partial charge is 0.278 e. The summed E-state index contributed by atoms with van der Waals surface area (Å²) >= 11 is 0. The van der Waals surface area contributed by atoms with Gasteiger partial charge < -0.3 is 9.47 Å². The van der Waals surface area contributed by atoms with Crippen LogP contribution >= 0.6 is 0 Å². The van der Waals surface area contributed by atoms with Crippen molar-refractivity contribution in [3.8, 4) is 11.5 Å². The van der Waals surface area contributed by atoms with Gasteiger partial charge in [-0.05, 0) is 12.1 Å². The van der Waals surface area contributed by atoms with Crippen molar-refractivity contribution in [3.05, 3.63) is 36.4 Å². The number of fused-ring (bicyclic) bond motifs is 1. The van der Waals surface area contributed by atoms with E-state index in [1.54, 1.807) is 0 Å². The van der Waals surface area contributed by atoms with Crippen molar-refractivity contribution in [3.63, 3.8) is 0 Å². The lowest BCUT2D eigenvalue weighted by atomic mass is 10.3. The van der Waals surface area contributed by atoms with Gasteiger partial charge in [0.05, 0.1) is 6.42 Å². The van der Waals surface area contributed by atoms with Crippen molar-refractivity contribution in [1.82, 2.24) is 0 Å². The Morgan fingerprint density at radius 2 is 1.67 bits per heavy atom. The van der Waals surface area contributed by atoms with E-state index in [4.69, 9.17) is 9.47 Å². The van der Waals surface area contributed by atoms with Crippen LogP contribution in [0.25, 0.3) is 0 Å². The third kappa shape index (κ3) is 0.600. The number of hydrogen-bond acceptors (Lipinski definition) is 2. The molecule has 0 N–H and O–H groups in total. The molecule has 0 saturated heterocycles. The van der Waals surface area contributed by atoms with Gasteiger partial charge in [0, 0.05) is 5.57 Å². The van der Waals surface area contributed by atoms with Crippen LogP contribution in [0.4, 0.5) is 0 Å². The third-order valence-corrected chi connectivity index (χ3v) is 2.26. The van der Waals surface area contributed by atoms with Crippen LogP contribution < -0.4 is 9.47 Å². The number of para-hydroxylation sites is 2. The van der Waals surface area contributed by atoms with E-state index < -0.39 is 5.79 Å². The highest BCUT2D eigenvalue weighted by atomic mass is 16.7. The number of ether oxygens (including phenoxy) is 2. The van der Waals surface area contributed by atoms with Gasteiger partial charge in [0.2, 0.25) is 0 Å². The highest BCUT2D eigenvalue weighted by molar-refractivity contribution is 5.49. The molecule has 60 valence electrons. The molecule has 0 bridgehead atoms. The molecule has 3 rings (SSSR count). The van der Waals surface area contributed by atoms with Gasteiger partial charge >= 0.3 is 0 Å². The fourth-order valence-corrected chi connectivity index (χ4v) is 1.45. The quantitative estimate of drug-likeness (QED) is 0.541. The molecule has 2 heteroatoms. The zero-order valence-electron chi connectivity index (χ0n) is 6.54. The molecule has 0 atom stereocenters. The van der Waals surface area contributed by atoms with Crippen molar-refractivity contribution < 1.29 is 9.47 Å². The standard InChI is InChI=1S/C10H8O2/c1-7-6-10(7)11-8-4-2-3-5-9(8)12-10/h2-5H,1,6H2. The molecule has 0 amide bonds. The summed E-state index contributed by atoms with van der Waals surface area (Å²) in [6, 6.07) is 7.70. The first kappa shape index (κ1) is 6.12. The van der Waals surface area contributed by atoms with Gasteiger partial charge in [-0.15, -0.1) is 0 Å². The molecule has 2 aliphatic rings. The van der Waals surface area contributed by atoms with E-state index in [1.165, 1.54) is 0 Å². The molecule has 2 nitrogen and oxygen atoms in total. The van der Waals surface area contributed by atoms with Gasteiger partial charge in [0.15, 0.2) is 11.5 Å². The van der Waals surface area contributed by atoms with Crippen molar-refractivity contribution in [2.24, 2.45) is 0 Å².